The maximum atomic E-state index is 14.7. The van der Waals surface area contributed by atoms with Crippen LogP contribution in [-0.4, -0.2) is 76.3 Å². The number of pyridine rings is 3. The molecule has 5 heterocycles. The van der Waals surface area contributed by atoms with Gasteiger partial charge in [-0.05, 0) is 73.3 Å². The highest BCUT2D eigenvalue weighted by Crippen LogP contribution is 2.35. The second-order valence-electron chi connectivity index (χ2n) is 10.8. The van der Waals surface area contributed by atoms with Crippen molar-refractivity contribution in [2.24, 2.45) is 5.73 Å². The Balaban J connectivity index is 1.39. The molecule has 0 spiro atoms. The minimum Gasteiger partial charge on any atom is -0.338 e. The minimum atomic E-state index is -3.64. The number of nitrogens with zero attached hydrogens (tertiary/aromatic N) is 5. The number of H-pyrrole nitrogens is 2. The van der Waals surface area contributed by atoms with E-state index < -0.39 is 21.0 Å². The zero-order valence-electron chi connectivity index (χ0n) is 24.0. The van der Waals surface area contributed by atoms with E-state index >= 15 is 0 Å². The molecule has 12 nitrogen and oxygen atoms in total. The number of likely N-dealkylation sites (N-methyl/N-ethyl adjacent to an activating group) is 1. The predicted molar refractivity (Wildman–Crippen MR) is 167 cm³/mol. The number of hydrogen-bond acceptors (Lipinski definition) is 9. The second-order valence-corrected chi connectivity index (χ2v) is 12.9. The number of nitrogens with one attached hydrogen (secondary N) is 3. The average molecular weight is 614 g/mol. The first-order chi connectivity index (χ1) is 21.0. The second kappa shape index (κ2) is 11.2. The molecular formula is C30H28FN9O3S. The molecule has 6 rings (SSSR count). The fourth-order valence-corrected chi connectivity index (χ4v) is 5.64. The Morgan fingerprint density at radius 3 is 2.59 bits per heavy atom. The van der Waals surface area contributed by atoms with E-state index in [1.54, 1.807) is 41.8 Å². The molecule has 44 heavy (non-hydrogen) atoms. The van der Waals surface area contributed by atoms with Gasteiger partial charge in [0.25, 0.3) is 0 Å². The van der Waals surface area contributed by atoms with Crippen LogP contribution in [0.1, 0.15) is 10.9 Å². The van der Waals surface area contributed by atoms with Crippen molar-refractivity contribution in [1.29, 1.82) is 0 Å². The van der Waals surface area contributed by atoms with Crippen LogP contribution in [0.4, 0.5) is 10.1 Å². The molecule has 0 radical (unpaired) electrons. The van der Waals surface area contributed by atoms with Crippen molar-refractivity contribution < 1.29 is 17.6 Å². The lowest BCUT2D eigenvalue weighted by atomic mass is 10.0. The molecule has 0 bridgehead atoms. The first-order valence-corrected chi connectivity index (χ1v) is 15.4. The van der Waals surface area contributed by atoms with Gasteiger partial charge >= 0.3 is 0 Å². The summed E-state index contributed by atoms with van der Waals surface area (Å²) in [6.45, 7) is 0.242. The minimum absolute atomic E-state index is 0.150. The topological polar surface area (TPSA) is 176 Å². The molecule has 1 atom stereocenters. The Kier molecular flexibility index (Phi) is 7.41. The maximum Gasteiger partial charge on any atom is 0.238 e. The summed E-state index contributed by atoms with van der Waals surface area (Å²) in [5, 5.41) is 10.3. The summed E-state index contributed by atoms with van der Waals surface area (Å²) < 4.78 is 38.8. The van der Waals surface area contributed by atoms with E-state index in [0.717, 1.165) is 28.8 Å². The number of nitrogens with two attached hydrogens (primary N) is 1. The van der Waals surface area contributed by atoms with Crippen LogP contribution in [0.5, 0.6) is 0 Å². The number of hydrogen-bond donors (Lipinski definition) is 4. The van der Waals surface area contributed by atoms with Gasteiger partial charge in [0.1, 0.15) is 16.8 Å². The lowest BCUT2D eigenvalue weighted by Gasteiger charge is -2.12. The van der Waals surface area contributed by atoms with Gasteiger partial charge in [-0.2, -0.15) is 5.10 Å². The van der Waals surface area contributed by atoms with Crippen molar-refractivity contribution >= 4 is 43.5 Å². The van der Waals surface area contributed by atoms with Crippen LogP contribution in [0.15, 0.2) is 67.3 Å². The number of aromatic amines is 2. The third kappa shape index (κ3) is 5.77. The van der Waals surface area contributed by atoms with E-state index in [0.29, 0.717) is 44.9 Å². The van der Waals surface area contributed by atoms with E-state index in [1.807, 2.05) is 32.3 Å². The largest absolute Gasteiger partial charge is 0.338 e. The zero-order chi connectivity index (χ0) is 31.2. The van der Waals surface area contributed by atoms with Crippen LogP contribution in [-0.2, 0) is 14.6 Å². The van der Waals surface area contributed by atoms with Crippen molar-refractivity contribution in [2.75, 3.05) is 32.2 Å². The molecule has 0 aliphatic rings. The molecular weight excluding hydrogens is 585 g/mol. The smallest absolute Gasteiger partial charge is 0.238 e. The standard InChI is InChI=1S/C30H28FN9O3S/c1-40(2)15-26(41)36-21-9-18(12-33-14-21)19-10-24-27(38-39-30(24)35-13-19)25-11-23-22(4-5-34-29(23)37-25)16-6-17(8-20(31)7-16)28(32)44(3,42)43/h4-14,28H,15,32H2,1-3H3,(H,34,37)(H,36,41)(H,35,38,39). The number of carbonyl (C=O) groups is 1. The molecule has 1 aromatic carbocycles. The molecule has 14 heteroatoms. The molecule has 0 fully saturated rings. The number of sulfone groups is 1. The molecule has 5 aromatic heterocycles. The Morgan fingerprint density at radius 2 is 1.82 bits per heavy atom. The van der Waals surface area contributed by atoms with E-state index in [1.165, 1.54) is 6.07 Å². The molecule has 5 N–H and O–H groups in total. The molecule has 0 aliphatic heterocycles. The predicted octanol–water partition coefficient (Wildman–Crippen LogP) is 3.87. The van der Waals surface area contributed by atoms with Crippen LogP contribution in [0, 0.1) is 5.82 Å². The monoisotopic (exact) mass is 613 g/mol. The highest BCUT2D eigenvalue weighted by molar-refractivity contribution is 7.90. The fourth-order valence-electron chi connectivity index (χ4n) is 5.01. The summed E-state index contributed by atoms with van der Waals surface area (Å²) in [7, 11) is -0.0124. The quantitative estimate of drug-likeness (QED) is 0.199. The van der Waals surface area contributed by atoms with Crippen molar-refractivity contribution in [1.82, 2.24) is 35.0 Å². The lowest BCUT2D eigenvalue weighted by molar-refractivity contribution is -0.116. The lowest BCUT2D eigenvalue weighted by Crippen LogP contribution is -2.27. The van der Waals surface area contributed by atoms with E-state index in [-0.39, 0.29) is 18.0 Å². The van der Waals surface area contributed by atoms with Crippen LogP contribution in [0.2, 0.25) is 0 Å². The third-order valence-electron chi connectivity index (χ3n) is 7.05. The summed E-state index contributed by atoms with van der Waals surface area (Å²) in [5.41, 5.74) is 11.6. The van der Waals surface area contributed by atoms with Crippen molar-refractivity contribution in [3.8, 4) is 33.6 Å². The molecule has 1 unspecified atom stereocenters. The molecule has 0 aliphatic carbocycles. The van der Waals surface area contributed by atoms with Crippen molar-refractivity contribution in [2.45, 2.75) is 5.37 Å². The van der Waals surface area contributed by atoms with Gasteiger partial charge in [-0.15, -0.1) is 0 Å². The van der Waals surface area contributed by atoms with Gasteiger partial charge in [0.15, 0.2) is 15.5 Å². The number of rotatable bonds is 8. The normalized spacial score (nSPS) is 12.7. The summed E-state index contributed by atoms with van der Waals surface area (Å²) in [6.07, 6.45) is 7.55. The first kappa shape index (κ1) is 29.0. The SMILES string of the molecule is CN(C)CC(=O)Nc1cncc(-c2cnc3n[nH]c(-c4cc5c(-c6cc(F)cc(C(N)S(C)(=O)=O)c6)ccnc5[nH]4)c3c2)c1. The molecule has 6 aromatic rings. The van der Waals surface area contributed by atoms with E-state index in [9.17, 15) is 17.6 Å². The number of carbonyl (C=O) groups excluding carboxylic acids is 1. The number of halogens is 1. The maximum absolute atomic E-state index is 14.7. The van der Waals surface area contributed by atoms with Crippen molar-refractivity contribution in [3.63, 3.8) is 0 Å². The van der Waals surface area contributed by atoms with E-state index in [2.05, 4.69) is 35.5 Å². The van der Waals surface area contributed by atoms with Gasteiger partial charge in [-0.25, -0.2) is 22.8 Å². The fraction of sp³-hybridized carbons (Fsp3) is 0.167. The van der Waals surface area contributed by atoms with Crippen LogP contribution in [0.3, 0.4) is 0 Å². The van der Waals surface area contributed by atoms with Gasteiger partial charge in [-0.1, -0.05) is 0 Å². The van der Waals surface area contributed by atoms with Gasteiger partial charge in [-0.3, -0.25) is 14.9 Å². The Hall–Kier alpha value is -5.05. The number of aromatic nitrogens is 6. The molecule has 224 valence electrons. The summed E-state index contributed by atoms with van der Waals surface area (Å²) in [6, 6.07) is 11.4. The number of anilines is 1. The Morgan fingerprint density at radius 1 is 1.02 bits per heavy atom. The average Bonchev–Trinajstić information content (AvgIpc) is 3.59. The molecule has 1 amide bonds. The van der Waals surface area contributed by atoms with Crippen LogP contribution in [0.25, 0.3) is 55.7 Å². The van der Waals surface area contributed by atoms with Gasteiger partial charge < -0.3 is 20.9 Å². The summed E-state index contributed by atoms with van der Waals surface area (Å²) in [5.74, 6) is -0.759. The molecule has 0 saturated heterocycles. The van der Waals surface area contributed by atoms with Crippen LogP contribution < -0.4 is 11.1 Å². The van der Waals surface area contributed by atoms with Gasteiger partial charge in [0, 0.05) is 46.7 Å². The van der Waals surface area contributed by atoms with Gasteiger partial charge in [0.05, 0.1) is 29.8 Å². The Bertz CT molecular complexity index is 2160. The third-order valence-corrected chi connectivity index (χ3v) is 8.24. The Labute approximate surface area is 251 Å². The highest BCUT2D eigenvalue weighted by atomic mass is 32.2. The number of amides is 1. The highest BCUT2D eigenvalue weighted by Gasteiger charge is 2.21. The number of fused-ring (bicyclic) bond motifs is 2. The zero-order valence-corrected chi connectivity index (χ0v) is 24.8. The summed E-state index contributed by atoms with van der Waals surface area (Å²) >= 11 is 0. The van der Waals surface area contributed by atoms with Crippen molar-refractivity contribution in [3.05, 3.63) is 78.6 Å². The molecule has 0 saturated carbocycles. The number of benzene rings is 1. The van der Waals surface area contributed by atoms with E-state index in [4.69, 9.17) is 5.73 Å². The summed E-state index contributed by atoms with van der Waals surface area (Å²) in [4.78, 5) is 30.6. The van der Waals surface area contributed by atoms with Crippen LogP contribution >= 0.6 is 0 Å². The van der Waals surface area contributed by atoms with Gasteiger partial charge in [0.2, 0.25) is 5.91 Å². The first-order valence-electron chi connectivity index (χ1n) is 13.4.